The SMILES string of the molecule is Cl.[N-]=[N+]=Nc1cccc(C(=O)O)c1. The number of azide groups is 1. The van der Waals surface area contributed by atoms with Gasteiger partial charge in [-0.2, -0.15) is 0 Å². The van der Waals surface area contributed by atoms with Crippen molar-refractivity contribution >= 4 is 24.1 Å². The Kier molecular flexibility index (Phi) is 4.37. The van der Waals surface area contributed by atoms with Crippen LogP contribution in [0.4, 0.5) is 5.69 Å². The van der Waals surface area contributed by atoms with Crippen LogP contribution < -0.4 is 0 Å². The molecule has 0 aliphatic heterocycles. The lowest BCUT2D eigenvalue weighted by atomic mass is 10.2. The smallest absolute Gasteiger partial charge is 0.335 e. The van der Waals surface area contributed by atoms with Crippen molar-refractivity contribution in [3.63, 3.8) is 0 Å². The summed E-state index contributed by atoms with van der Waals surface area (Å²) in [4.78, 5) is 13.0. The molecule has 0 aliphatic rings. The largest absolute Gasteiger partial charge is 0.478 e. The molecule has 0 saturated heterocycles. The number of rotatable bonds is 2. The molecule has 0 heterocycles. The molecule has 1 aromatic carbocycles. The Morgan fingerprint density at radius 3 is 2.77 bits per heavy atom. The van der Waals surface area contributed by atoms with Gasteiger partial charge in [-0.15, -0.1) is 12.4 Å². The second-order valence-electron chi connectivity index (χ2n) is 2.04. The molecule has 0 unspecified atom stereocenters. The van der Waals surface area contributed by atoms with E-state index in [1.54, 1.807) is 0 Å². The highest BCUT2D eigenvalue weighted by atomic mass is 35.5. The van der Waals surface area contributed by atoms with Crippen molar-refractivity contribution < 1.29 is 9.90 Å². The molecular formula is C7H6ClN3O2. The van der Waals surface area contributed by atoms with E-state index in [0.717, 1.165) is 0 Å². The molecule has 5 nitrogen and oxygen atoms in total. The van der Waals surface area contributed by atoms with Gasteiger partial charge in [0.05, 0.1) is 5.56 Å². The first-order valence-corrected chi connectivity index (χ1v) is 3.12. The standard InChI is InChI=1S/C7H5N3O2.ClH/c8-10-9-6-3-1-2-5(4-6)7(11)12;/h1-4H,(H,11,12);1H. The van der Waals surface area contributed by atoms with Crippen LogP contribution in [0.3, 0.4) is 0 Å². The summed E-state index contributed by atoms with van der Waals surface area (Å²) in [5, 5.41) is 11.8. The molecule has 0 aromatic heterocycles. The van der Waals surface area contributed by atoms with Crippen molar-refractivity contribution in [1.29, 1.82) is 0 Å². The van der Waals surface area contributed by atoms with Crippen molar-refractivity contribution in [2.75, 3.05) is 0 Å². The van der Waals surface area contributed by atoms with Crippen LogP contribution in [0, 0.1) is 0 Å². The zero-order chi connectivity index (χ0) is 8.97. The Bertz CT molecular complexity index is 343. The summed E-state index contributed by atoms with van der Waals surface area (Å²) >= 11 is 0. The second-order valence-corrected chi connectivity index (χ2v) is 2.04. The van der Waals surface area contributed by atoms with Crippen LogP contribution in [0.2, 0.25) is 0 Å². The monoisotopic (exact) mass is 199 g/mol. The van der Waals surface area contributed by atoms with Gasteiger partial charge >= 0.3 is 5.97 Å². The van der Waals surface area contributed by atoms with Gasteiger partial charge in [0, 0.05) is 10.6 Å². The predicted molar refractivity (Wildman–Crippen MR) is 49.5 cm³/mol. The molecule has 0 radical (unpaired) electrons. The lowest BCUT2D eigenvalue weighted by Gasteiger charge is -1.93. The van der Waals surface area contributed by atoms with Gasteiger partial charge in [-0.25, -0.2) is 4.79 Å². The molecule has 68 valence electrons. The summed E-state index contributed by atoms with van der Waals surface area (Å²) in [7, 11) is 0. The number of benzene rings is 1. The zero-order valence-electron chi connectivity index (χ0n) is 6.41. The molecule has 0 saturated carbocycles. The maximum atomic E-state index is 10.4. The minimum absolute atomic E-state index is 0. The van der Waals surface area contributed by atoms with Crippen molar-refractivity contribution in [1.82, 2.24) is 0 Å². The second kappa shape index (κ2) is 5.03. The minimum Gasteiger partial charge on any atom is -0.478 e. The van der Waals surface area contributed by atoms with E-state index in [1.165, 1.54) is 24.3 Å². The molecule has 0 amide bonds. The van der Waals surface area contributed by atoms with Crippen LogP contribution in [-0.4, -0.2) is 11.1 Å². The number of carboxylic acids is 1. The zero-order valence-corrected chi connectivity index (χ0v) is 7.23. The van der Waals surface area contributed by atoms with Crippen molar-refractivity contribution in [3.8, 4) is 0 Å². The van der Waals surface area contributed by atoms with Crippen LogP contribution >= 0.6 is 12.4 Å². The van der Waals surface area contributed by atoms with Gasteiger partial charge in [-0.1, -0.05) is 17.2 Å². The van der Waals surface area contributed by atoms with Crippen LogP contribution in [0.1, 0.15) is 10.4 Å². The summed E-state index contributed by atoms with van der Waals surface area (Å²) in [5.74, 6) is -1.04. The van der Waals surface area contributed by atoms with Gasteiger partial charge in [0.15, 0.2) is 0 Å². The molecule has 0 spiro atoms. The quantitative estimate of drug-likeness (QED) is 0.451. The van der Waals surface area contributed by atoms with E-state index in [1.807, 2.05) is 0 Å². The van der Waals surface area contributed by atoms with Crippen molar-refractivity contribution in [3.05, 3.63) is 40.3 Å². The summed E-state index contributed by atoms with van der Waals surface area (Å²) in [6.45, 7) is 0. The van der Waals surface area contributed by atoms with Gasteiger partial charge in [0.25, 0.3) is 0 Å². The molecule has 13 heavy (non-hydrogen) atoms. The highest BCUT2D eigenvalue weighted by molar-refractivity contribution is 5.88. The molecule has 1 rings (SSSR count). The van der Waals surface area contributed by atoms with E-state index < -0.39 is 5.97 Å². The van der Waals surface area contributed by atoms with Gasteiger partial charge in [-0.05, 0) is 17.7 Å². The van der Waals surface area contributed by atoms with E-state index >= 15 is 0 Å². The lowest BCUT2D eigenvalue weighted by Crippen LogP contribution is -1.94. The van der Waals surface area contributed by atoms with Crippen LogP contribution in [-0.2, 0) is 0 Å². The first kappa shape index (κ1) is 11.3. The Labute approximate surface area is 80.0 Å². The molecule has 6 heteroatoms. The maximum Gasteiger partial charge on any atom is 0.335 e. The number of hydrogen-bond donors (Lipinski definition) is 1. The number of carbonyl (C=O) groups is 1. The highest BCUT2D eigenvalue weighted by Gasteiger charge is 2.00. The van der Waals surface area contributed by atoms with E-state index in [0.29, 0.717) is 5.69 Å². The molecule has 1 N–H and O–H groups in total. The Morgan fingerprint density at radius 2 is 2.23 bits per heavy atom. The average molecular weight is 200 g/mol. The summed E-state index contributed by atoms with van der Waals surface area (Å²) in [6.07, 6.45) is 0. The van der Waals surface area contributed by atoms with E-state index in [4.69, 9.17) is 10.6 Å². The van der Waals surface area contributed by atoms with E-state index in [2.05, 4.69) is 10.0 Å². The molecule has 0 bridgehead atoms. The van der Waals surface area contributed by atoms with Crippen molar-refractivity contribution in [2.45, 2.75) is 0 Å². The Balaban J connectivity index is 0.00000144. The third-order valence-electron chi connectivity index (χ3n) is 1.25. The van der Waals surface area contributed by atoms with Crippen LogP contribution in [0.25, 0.3) is 10.4 Å². The maximum absolute atomic E-state index is 10.4. The fraction of sp³-hybridized carbons (Fsp3) is 0. The molecule has 0 aliphatic carbocycles. The molecule has 0 atom stereocenters. The molecular weight excluding hydrogens is 194 g/mol. The minimum atomic E-state index is -1.04. The first-order chi connectivity index (χ1) is 5.74. The molecule has 1 aromatic rings. The fourth-order valence-electron chi connectivity index (χ4n) is 0.753. The number of halogens is 1. The number of nitrogens with zero attached hydrogens (tertiary/aromatic N) is 3. The third-order valence-corrected chi connectivity index (χ3v) is 1.25. The molecule has 0 fully saturated rings. The van der Waals surface area contributed by atoms with E-state index in [9.17, 15) is 4.79 Å². The van der Waals surface area contributed by atoms with Gasteiger partial charge in [-0.3, -0.25) is 0 Å². The van der Waals surface area contributed by atoms with Crippen LogP contribution in [0.5, 0.6) is 0 Å². The fourth-order valence-corrected chi connectivity index (χ4v) is 0.753. The topological polar surface area (TPSA) is 86.1 Å². The number of hydrogen-bond acceptors (Lipinski definition) is 2. The highest BCUT2D eigenvalue weighted by Crippen LogP contribution is 2.13. The Morgan fingerprint density at radius 1 is 1.54 bits per heavy atom. The third kappa shape index (κ3) is 3.02. The van der Waals surface area contributed by atoms with Gasteiger partial charge in [0.1, 0.15) is 0 Å². The van der Waals surface area contributed by atoms with E-state index in [-0.39, 0.29) is 18.0 Å². The van der Waals surface area contributed by atoms with Gasteiger partial charge in [0.2, 0.25) is 0 Å². The van der Waals surface area contributed by atoms with Crippen molar-refractivity contribution in [2.24, 2.45) is 5.11 Å². The number of carboxylic acid groups (broad SMARTS) is 1. The summed E-state index contributed by atoms with van der Waals surface area (Å²) in [6, 6.07) is 5.79. The first-order valence-electron chi connectivity index (χ1n) is 3.12. The summed E-state index contributed by atoms with van der Waals surface area (Å²) in [5.41, 5.74) is 8.47. The summed E-state index contributed by atoms with van der Waals surface area (Å²) < 4.78 is 0. The average Bonchev–Trinajstić information content (AvgIpc) is 2.05. The van der Waals surface area contributed by atoms with Crippen LogP contribution in [0.15, 0.2) is 29.4 Å². The normalized spacial score (nSPS) is 8.00. The van der Waals surface area contributed by atoms with Gasteiger partial charge < -0.3 is 5.11 Å². The lowest BCUT2D eigenvalue weighted by molar-refractivity contribution is 0.0697. The number of aromatic carboxylic acids is 1. The predicted octanol–water partition coefficient (Wildman–Crippen LogP) is 2.75. The Hall–Kier alpha value is -1.71.